The first-order chi connectivity index (χ1) is 31.7. The smallest absolute Gasteiger partial charge is 0.136 e. The first-order valence-electron chi connectivity index (χ1n) is 22.0. The molecule has 0 spiro atoms. The maximum atomic E-state index is 6.85. The van der Waals surface area contributed by atoms with E-state index in [1.807, 2.05) is 11.3 Å². The van der Waals surface area contributed by atoms with E-state index < -0.39 is 0 Å². The van der Waals surface area contributed by atoms with Crippen LogP contribution in [0.25, 0.3) is 140 Å². The second kappa shape index (κ2) is 13.7. The molecule has 12 aromatic carbocycles. The van der Waals surface area contributed by atoms with Gasteiger partial charge in [0.1, 0.15) is 11.2 Å². The Bertz CT molecular complexity index is 4200. The van der Waals surface area contributed by atoms with Gasteiger partial charge in [-0.1, -0.05) is 182 Å². The van der Waals surface area contributed by atoms with E-state index in [4.69, 9.17) is 4.42 Å². The molecule has 2 heterocycles. The Morgan fingerprint density at radius 2 is 0.828 bits per heavy atom. The lowest BCUT2D eigenvalue weighted by molar-refractivity contribution is 0.670. The molecule has 2 aromatic heterocycles. The molecule has 0 atom stereocenters. The minimum absolute atomic E-state index is 0.913. The van der Waals surface area contributed by atoms with Crippen molar-refractivity contribution in [2.24, 2.45) is 0 Å². The van der Waals surface area contributed by atoms with Crippen LogP contribution in [-0.4, -0.2) is 0 Å². The van der Waals surface area contributed by atoms with Crippen molar-refractivity contribution in [2.45, 2.75) is 0 Å². The second-order valence-electron chi connectivity index (χ2n) is 17.1. The summed E-state index contributed by atoms with van der Waals surface area (Å²) in [5.41, 5.74) is 11.6. The van der Waals surface area contributed by atoms with Gasteiger partial charge in [0, 0.05) is 30.9 Å². The standard InChI is InChI=1S/C62H36OS/c1-2-15-38-32-40(29-28-37(38)14-1)39-16-13-17-41(33-39)60-48-23-7-9-25-50(48)61(51-26-10-8-24-49(51)60)52-31-30-45(42-18-3-4-19-43(42)52)53-34-57-62(47-22-6-5-20-44(47)53)55-36-59-54(35-56(55)63-57)46-21-11-12-27-58(46)64-59/h1-36H. The number of hydrogen-bond acceptors (Lipinski definition) is 2. The van der Waals surface area contributed by atoms with Crippen LogP contribution in [0.4, 0.5) is 0 Å². The highest BCUT2D eigenvalue weighted by Crippen LogP contribution is 2.49. The number of hydrogen-bond donors (Lipinski definition) is 0. The van der Waals surface area contributed by atoms with Gasteiger partial charge < -0.3 is 4.42 Å². The Kier molecular flexibility index (Phi) is 7.63. The molecular formula is C62H36OS. The molecule has 14 rings (SSSR count). The van der Waals surface area contributed by atoms with E-state index >= 15 is 0 Å². The van der Waals surface area contributed by atoms with Crippen molar-refractivity contribution < 1.29 is 4.42 Å². The van der Waals surface area contributed by atoms with Crippen LogP contribution in [0.1, 0.15) is 0 Å². The van der Waals surface area contributed by atoms with E-state index in [1.54, 1.807) is 0 Å². The molecule has 14 aromatic rings. The average molecular weight is 829 g/mol. The number of rotatable bonds is 4. The molecule has 64 heavy (non-hydrogen) atoms. The molecule has 0 fully saturated rings. The summed E-state index contributed by atoms with van der Waals surface area (Å²) in [7, 11) is 0. The Balaban J connectivity index is 0.975. The van der Waals surface area contributed by atoms with Crippen molar-refractivity contribution in [3.63, 3.8) is 0 Å². The first kappa shape index (κ1) is 35.5. The van der Waals surface area contributed by atoms with Gasteiger partial charge in [-0.2, -0.15) is 0 Å². The fourth-order valence-corrected chi connectivity index (χ4v) is 11.9. The van der Waals surface area contributed by atoms with Gasteiger partial charge in [-0.05, 0) is 135 Å². The van der Waals surface area contributed by atoms with E-state index in [-0.39, 0.29) is 0 Å². The lowest BCUT2D eigenvalue weighted by Crippen LogP contribution is -1.93. The third-order valence-corrected chi connectivity index (χ3v) is 14.8. The zero-order valence-corrected chi connectivity index (χ0v) is 35.4. The summed E-state index contributed by atoms with van der Waals surface area (Å²) in [6.07, 6.45) is 0. The van der Waals surface area contributed by atoms with Gasteiger partial charge >= 0.3 is 0 Å². The van der Waals surface area contributed by atoms with E-state index in [1.165, 1.54) is 129 Å². The summed E-state index contributed by atoms with van der Waals surface area (Å²) >= 11 is 1.85. The van der Waals surface area contributed by atoms with Gasteiger partial charge in [0.05, 0.1) is 0 Å². The third-order valence-electron chi connectivity index (χ3n) is 13.6. The van der Waals surface area contributed by atoms with Gasteiger partial charge in [-0.25, -0.2) is 0 Å². The molecule has 1 nitrogen and oxygen atoms in total. The monoisotopic (exact) mass is 828 g/mol. The Morgan fingerprint density at radius 1 is 0.266 bits per heavy atom. The summed E-state index contributed by atoms with van der Waals surface area (Å²) in [4.78, 5) is 0. The van der Waals surface area contributed by atoms with Gasteiger partial charge in [-0.3, -0.25) is 0 Å². The highest BCUT2D eigenvalue weighted by atomic mass is 32.1. The van der Waals surface area contributed by atoms with Crippen molar-refractivity contribution in [2.75, 3.05) is 0 Å². The largest absolute Gasteiger partial charge is 0.456 e. The maximum Gasteiger partial charge on any atom is 0.136 e. The molecular weight excluding hydrogens is 793 g/mol. The van der Waals surface area contributed by atoms with E-state index in [0.29, 0.717) is 0 Å². The molecule has 0 radical (unpaired) electrons. The van der Waals surface area contributed by atoms with Crippen LogP contribution in [0.3, 0.4) is 0 Å². The average Bonchev–Trinajstić information content (AvgIpc) is 3.91. The van der Waals surface area contributed by atoms with Crippen molar-refractivity contribution in [1.29, 1.82) is 0 Å². The van der Waals surface area contributed by atoms with Gasteiger partial charge in [-0.15, -0.1) is 11.3 Å². The highest BCUT2D eigenvalue weighted by Gasteiger charge is 2.22. The molecule has 296 valence electrons. The summed E-state index contributed by atoms with van der Waals surface area (Å²) < 4.78 is 9.44. The molecule has 0 saturated carbocycles. The fraction of sp³-hybridized carbons (Fsp3) is 0. The van der Waals surface area contributed by atoms with E-state index in [9.17, 15) is 0 Å². The summed E-state index contributed by atoms with van der Waals surface area (Å²) in [5.74, 6) is 0. The van der Waals surface area contributed by atoms with Crippen LogP contribution in [0.5, 0.6) is 0 Å². The first-order valence-corrected chi connectivity index (χ1v) is 22.8. The quantitative estimate of drug-likeness (QED) is 0.161. The van der Waals surface area contributed by atoms with Gasteiger partial charge in [0.2, 0.25) is 0 Å². The third kappa shape index (κ3) is 5.24. The van der Waals surface area contributed by atoms with Crippen molar-refractivity contribution in [3.8, 4) is 44.5 Å². The lowest BCUT2D eigenvalue weighted by Gasteiger charge is -2.20. The number of thiophene rings is 1. The number of benzene rings is 12. The molecule has 2 heteroatoms. The number of furan rings is 1. The summed E-state index contributed by atoms with van der Waals surface area (Å²) in [6, 6.07) is 80.5. The minimum Gasteiger partial charge on any atom is -0.456 e. The van der Waals surface area contributed by atoms with Crippen LogP contribution < -0.4 is 0 Å². The summed E-state index contributed by atoms with van der Waals surface area (Å²) in [5, 5.41) is 17.2. The van der Waals surface area contributed by atoms with E-state index in [2.05, 4.69) is 218 Å². The molecule has 0 aliphatic carbocycles. The van der Waals surface area contributed by atoms with Crippen molar-refractivity contribution >= 4 is 107 Å². The second-order valence-corrected chi connectivity index (χ2v) is 18.2. The number of fused-ring (bicyclic) bond motifs is 12. The fourth-order valence-electron chi connectivity index (χ4n) is 10.8. The predicted octanol–water partition coefficient (Wildman–Crippen LogP) is 18.4. The summed E-state index contributed by atoms with van der Waals surface area (Å²) in [6.45, 7) is 0. The normalized spacial score (nSPS) is 12.1. The Morgan fingerprint density at radius 3 is 1.58 bits per heavy atom. The van der Waals surface area contributed by atoms with Gasteiger partial charge in [0.25, 0.3) is 0 Å². The van der Waals surface area contributed by atoms with Crippen LogP contribution in [0, 0.1) is 0 Å². The molecule has 0 aliphatic heterocycles. The van der Waals surface area contributed by atoms with Gasteiger partial charge in [0.15, 0.2) is 0 Å². The molecule has 0 aliphatic rings. The molecule has 0 N–H and O–H groups in total. The van der Waals surface area contributed by atoms with Crippen molar-refractivity contribution in [3.05, 3.63) is 218 Å². The molecule has 0 bridgehead atoms. The molecule has 0 amide bonds. The maximum absolute atomic E-state index is 6.85. The van der Waals surface area contributed by atoms with Crippen LogP contribution in [-0.2, 0) is 0 Å². The van der Waals surface area contributed by atoms with E-state index in [0.717, 1.165) is 11.2 Å². The zero-order chi connectivity index (χ0) is 41.9. The van der Waals surface area contributed by atoms with Crippen LogP contribution in [0.2, 0.25) is 0 Å². The topological polar surface area (TPSA) is 13.1 Å². The molecule has 0 unspecified atom stereocenters. The van der Waals surface area contributed by atoms with Crippen molar-refractivity contribution in [1.82, 2.24) is 0 Å². The zero-order valence-electron chi connectivity index (χ0n) is 34.6. The SMILES string of the molecule is c1cc(-c2ccc3ccccc3c2)cc(-c2c3ccccc3c(-c3ccc(-c4cc5oc6cc7c(cc6c5c5ccccc45)sc4ccccc47)c4ccccc34)c3ccccc23)c1. The van der Waals surface area contributed by atoms with Crippen LogP contribution >= 0.6 is 11.3 Å². The lowest BCUT2D eigenvalue weighted by atomic mass is 9.83. The predicted molar refractivity (Wildman–Crippen MR) is 276 cm³/mol. The minimum atomic E-state index is 0.913. The van der Waals surface area contributed by atoms with Crippen LogP contribution in [0.15, 0.2) is 223 Å². The highest BCUT2D eigenvalue weighted by molar-refractivity contribution is 7.25. The molecule has 0 saturated heterocycles. The Labute approximate surface area is 372 Å². The Hall–Kier alpha value is -8.04.